The summed E-state index contributed by atoms with van der Waals surface area (Å²) in [6.45, 7) is 3.95. The highest BCUT2D eigenvalue weighted by Gasteiger charge is 2.14. The molecule has 0 saturated heterocycles. The summed E-state index contributed by atoms with van der Waals surface area (Å²) in [6, 6.07) is 16.7. The first kappa shape index (κ1) is 21.5. The van der Waals surface area contributed by atoms with Gasteiger partial charge in [0.05, 0.1) is 10.6 Å². The van der Waals surface area contributed by atoms with E-state index in [1.807, 2.05) is 50.2 Å². The lowest BCUT2D eigenvalue weighted by Gasteiger charge is -2.13. The summed E-state index contributed by atoms with van der Waals surface area (Å²) < 4.78 is 6.64. The Labute approximate surface area is 197 Å². The number of nitrogens with one attached hydrogen (secondary N) is 2. The summed E-state index contributed by atoms with van der Waals surface area (Å²) in [5, 5.41) is 6.24. The number of nitrogens with zero attached hydrogens (tertiary/aromatic N) is 1. The minimum Gasteiger partial charge on any atom is -0.436 e. The minimum absolute atomic E-state index is 0.162. The first-order valence-electron chi connectivity index (χ1n) is 9.36. The van der Waals surface area contributed by atoms with E-state index in [2.05, 4.69) is 31.5 Å². The smallest absolute Gasteiger partial charge is 0.258 e. The Bertz CT molecular complexity index is 1340. The molecule has 0 unspecified atom stereocenters. The van der Waals surface area contributed by atoms with Crippen molar-refractivity contribution in [2.24, 2.45) is 0 Å². The van der Waals surface area contributed by atoms with Crippen LogP contribution in [-0.4, -0.2) is 16.0 Å². The molecule has 0 aliphatic heterocycles. The van der Waals surface area contributed by atoms with Crippen LogP contribution >= 0.6 is 39.7 Å². The van der Waals surface area contributed by atoms with E-state index in [-0.39, 0.29) is 5.11 Å². The molecule has 2 N–H and O–H groups in total. The van der Waals surface area contributed by atoms with Gasteiger partial charge in [-0.2, -0.15) is 0 Å². The number of halogens is 2. The molecule has 4 rings (SSSR count). The van der Waals surface area contributed by atoms with Gasteiger partial charge in [0.2, 0.25) is 5.89 Å². The Morgan fingerprint density at radius 3 is 2.71 bits per heavy atom. The van der Waals surface area contributed by atoms with Crippen LogP contribution in [0.1, 0.15) is 21.5 Å². The minimum atomic E-state index is -0.396. The fraction of sp³-hybridized carbons (Fsp3) is 0.0870. The van der Waals surface area contributed by atoms with Gasteiger partial charge in [-0.15, -0.1) is 0 Å². The SMILES string of the molecule is Cc1ccc2oc(-c3ccc(C)c(NC(=S)NC(=O)c4cc(Br)ccc4Cl)c3)nc2c1. The standard InChI is InChI=1S/C23H17BrClN3O2S/c1-12-3-8-20-19(9-12)26-22(30-20)14-5-4-13(2)18(10-14)27-23(31)28-21(29)16-11-15(24)6-7-17(16)25/h3-11H,1-2H3,(H2,27,28,29,31). The maximum atomic E-state index is 12.5. The highest BCUT2D eigenvalue weighted by Crippen LogP contribution is 2.28. The first-order valence-corrected chi connectivity index (χ1v) is 10.9. The summed E-state index contributed by atoms with van der Waals surface area (Å²) in [5.74, 6) is 0.117. The van der Waals surface area contributed by atoms with E-state index in [9.17, 15) is 4.79 Å². The van der Waals surface area contributed by atoms with Crippen molar-refractivity contribution in [3.63, 3.8) is 0 Å². The van der Waals surface area contributed by atoms with Gasteiger partial charge in [0.15, 0.2) is 10.7 Å². The third-order valence-electron chi connectivity index (χ3n) is 4.68. The van der Waals surface area contributed by atoms with Gasteiger partial charge >= 0.3 is 0 Å². The molecule has 156 valence electrons. The largest absolute Gasteiger partial charge is 0.436 e. The van der Waals surface area contributed by atoms with Gasteiger partial charge in [-0.1, -0.05) is 39.7 Å². The van der Waals surface area contributed by atoms with E-state index >= 15 is 0 Å². The lowest BCUT2D eigenvalue weighted by molar-refractivity contribution is 0.0978. The molecule has 4 aromatic rings. The van der Waals surface area contributed by atoms with Gasteiger partial charge in [-0.3, -0.25) is 10.1 Å². The second kappa shape index (κ2) is 8.78. The summed E-state index contributed by atoms with van der Waals surface area (Å²) in [6.07, 6.45) is 0. The second-order valence-electron chi connectivity index (χ2n) is 7.05. The van der Waals surface area contributed by atoms with Gasteiger partial charge in [0.25, 0.3) is 5.91 Å². The first-order chi connectivity index (χ1) is 14.8. The average Bonchev–Trinajstić information content (AvgIpc) is 3.14. The van der Waals surface area contributed by atoms with Crippen molar-refractivity contribution < 1.29 is 9.21 Å². The summed E-state index contributed by atoms with van der Waals surface area (Å²) >= 11 is 14.8. The molecule has 0 aliphatic rings. The number of oxazole rings is 1. The van der Waals surface area contributed by atoms with Crippen LogP contribution in [-0.2, 0) is 0 Å². The van der Waals surface area contributed by atoms with Crippen LogP contribution in [0.25, 0.3) is 22.6 Å². The van der Waals surface area contributed by atoms with Gasteiger partial charge in [-0.05, 0) is 79.7 Å². The van der Waals surface area contributed by atoms with Crippen LogP contribution in [0, 0.1) is 13.8 Å². The fourth-order valence-corrected chi connectivity index (χ4v) is 3.81. The van der Waals surface area contributed by atoms with Crippen molar-refractivity contribution in [2.45, 2.75) is 13.8 Å². The van der Waals surface area contributed by atoms with Crippen molar-refractivity contribution in [2.75, 3.05) is 5.32 Å². The predicted octanol–water partition coefficient (Wildman–Crippen LogP) is 6.65. The summed E-state index contributed by atoms with van der Waals surface area (Å²) in [7, 11) is 0. The van der Waals surface area contributed by atoms with E-state index < -0.39 is 5.91 Å². The molecule has 0 spiro atoms. The molecule has 8 heteroatoms. The summed E-state index contributed by atoms with van der Waals surface area (Å²) in [5.41, 5.74) is 5.46. The third-order valence-corrected chi connectivity index (χ3v) is 5.70. The molecule has 0 fully saturated rings. The highest BCUT2D eigenvalue weighted by atomic mass is 79.9. The number of aromatic nitrogens is 1. The number of carbonyl (C=O) groups is 1. The molecule has 0 bridgehead atoms. The number of benzene rings is 3. The summed E-state index contributed by atoms with van der Waals surface area (Å²) in [4.78, 5) is 17.1. The van der Waals surface area contributed by atoms with E-state index in [4.69, 9.17) is 28.2 Å². The number of anilines is 1. The molecule has 0 radical (unpaired) electrons. The third kappa shape index (κ3) is 4.79. The van der Waals surface area contributed by atoms with E-state index in [0.29, 0.717) is 16.5 Å². The topological polar surface area (TPSA) is 67.2 Å². The lowest BCUT2D eigenvalue weighted by atomic mass is 10.1. The molecular formula is C23H17BrClN3O2S. The molecule has 1 aromatic heterocycles. The number of fused-ring (bicyclic) bond motifs is 1. The molecule has 0 atom stereocenters. The molecule has 1 amide bonds. The quantitative estimate of drug-likeness (QED) is 0.299. The van der Waals surface area contributed by atoms with Crippen molar-refractivity contribution in [1.82, 2.24) is 10.3 Å². The number of hydrogen-bond acceptors (Lipinski definition) is 4. The van der Waals surface area contributed by atoms with Gasteiger partial charge in [0, 0.05) is 15.7 Å². The predicted molar refractivity (Wildman–Crippen MR) is 132 cm³/mol. The molecule has 1 heterocycles. The number of thiocarbonyl (C=S) groups is 1. The van der Waals surface area contributed by atoms with Crippen LogP contribution in [0.4, 0.5) is 5.69 Å². The zero-order valence-corrected chi connectivity index (χ0v) is 19.8. The van der Waals surface area contributed by atoms with Crippen LogP contribution in [0.3, 0.4) is 0 Å². The number of carbonyl (C=O) groups excluding carboxylic acids is 1. The molecule has 0 saturated carbocycles. The molecule has 5 nitrogen and oxygen atoms in total. The Hall–Kier alpha value is -2.74. The van der Waals surface area contributed by atoms with Crippen molar-refractivity contribution in [1.29, 1.82) is 0 Å². The zero-order valence-electron chi connectivity index (χ0n) is 16.6. The Kier molecular flexibility index (Phi) is 6.09. The number of amides is 1. The number of rotatable bonds is 3. The normalized spacial score (nSPS) is 10.8. The number of aryl methyl sites for hydroxylation is 2. The van der Waals surface area contributed by atoms with Gasteiger partial charge in [-0.25, -0.2) is 4.98 Å². The van der Waals surface area contributed by atoms with E-state index in [1.54, 1.807) is 18.2 Å². The zero-order chi connectivity index (χ0) is 22.1. The van der Waals surface area contributed by atoms with E-state index in [1.165, 1.54) is 0 Å². The highest BCUT2D eigenvalue weighted by molar-refractivity contribution is 9.10. The van der Waals surface area contributed by atoms with Crippen LogP contribution in [0.15, 0.2) is 63.5 Å². The molecular weight excluding hydrogens is 498 g/mol. The van der Waals surface area contributed by atoms with Crippen molar-refractivity contribution in [3.05, 3.63) is 80.8 Å². The number of hydrogen-bond donors (Lipinski definition) is 2. The Balaban J connectivity index is 1.55. The van der Waals surface area contributed by atoms with Crippen LogP contribution in [0.2, 0.25) is 5.02 Å². The maximum Gasteiger partial charge on any atom is 0.258 e. The van der Waals surface area contributed by atoms with Gasteiger partial charge in [0.1, 0.15) is 5.52 Å². The van der Waals surface area contributed by atoms with E-state index in [0.717, 1.165) is 38.0 Å². The molecule has 3 aromatic carbocycles. The Morgan fingerprint density at radius 1 is 1.10 bits per heavy atom. The second-order valence-corrected chi connectivity index (χ2v) is 8.78. The van der Waals surface area contributed by atoms with Crippen LogP contribution < -0.4 is 10.6 Å². The average molecular weight is 515 g/mol. The van der Waals surface area contributed by atoms with Crippen molar-refractivity contribution >= 4 is 67.6 Å². The monoisotopic (exact) mass is 513 g/mol. The Morgan fingerprint density at radius 2 is 1.90 bits per heavy atom. The molecule has 31 heavy (non-hydrogen) atoms. The maximum absolute atomic E-state index is 12.5. The van der Waals surface area contributed by atoms with Crippen molar-refractivity contribution in [3.8, 4) is 11.5 Å². The lowest BCUT2D eigenvalue weighted by Crippen LogP contribution is -2.34. The van der Waals surface area contributed by atoms with Gasteiger partial charge < -0.3 is 9.73 Å². The molecule has 0 aliphatic carbocycles. The fourth-order valence-electron chi connectivity index (χ4n) is 3.05. The van der Waals surface area contributed by atoms with Crippen LogP contribution in [0.5, 0.6) is 0 Å².